The van der Waals surface area contributed by atoms with Gasteiger partial charge >= 0.3 is 0 Å². The summed E-state index contributed by atoms with van der Waals surface area (Å²) in [7, 11) is 1.32. The number of hydrogen-bond donors (Lipinski definition) is 1. The van der Waals surface area contributed by atoms with E-state index in [0.717, 1.165) is 6.07 Å². The topological polar surface area (TPSA) is 87.2 Å². The molecule has 2 atom stereocenters. The van der Waals surface area contributed by atoms with E-state index in [1.807, 2.05) is 0 Å². The van der Waals surface area contributed by atoms with Gasteiger partial charge in [0.1, 0.15) is 17.8 Å². The molecule has 0 unspecified atom stereocenters. The Hall–Kier alpha value is -3.00. The third-order valence-electron chi connectivity index (χ3n) is 5.00. The average Bonchev–Trinajstić information content (AvgIpc) is 3.40. The lowest BCUT2D eigenvalue weighted by Gasteiger charge is -2.18. The number of rotatable bonds is 4. The minimum absolute atomic E-state index is 0.00850. The van der Waals surface area contributed by atoms with Gasteiger partial charge in [-0.25, -0.2) is 13.8 Å². The maximum absolute atomic E-state index is 15.1. The standard InChI is InChI=1S/C20H16ClF2N3O3/c1-8(27)11-7-26(15-5-13(15)22)17-10(18(11)28)4-14(23)16(19(17)29-2)9-3-12(21)20(24)25-6-9/h3-4,6-7,13,15H,5H2,1-2H3,(H2,24,25)/t13-,15+/m0/s1. The highest BCUT2D eigenvalue weighted by Crippen LogP contribution is 2.45. The Kier molecular flexibility index (Phi) is 4.53. The summed E-state index contributed by atoms with van der Waals surface area (Å²) in [5.74, 6) is -1.15. The van der Waals surface area contributed by atoms with Crippen molar-refractivity contribution in [3.63, 3.8) is 0 Å². The summed E-state index contributed by atoms with van der Waals surface area (Å²) in [4.78, 5) is 28.7. The fourth-order valence-electron chi connectivity index (χ4n) is 3.46. The van der Waals surface area contributed by atoms with Crippen molar-refractivity contribution in [3.05, 3.63) is 51.2 Å². The van der Waals surface area contributed by atoms with Crippen LogP contribution in [-0.2, 0) is 0 Å². The Morgan fingerprint density at radius 3 is 2.66 bits per heavy atom. The molecule has 0 amide bonds. The molecule has 0 radical (unpaired) electrons. The Morgan fingerprint density at radius 1 is 1.41 bits per heavy atom. The van der Waals surface area contributed by atoms with E-state index < -0.39 is 29.2 Å². The smallest absolute Gasteiger partial charge is 0.200 e. The number of benzene rings is 1. The summed E-state index contributed by atoms with van der Waals surface area (Å²) >= 11 is 6.03. The van der Waals surface area contributed by atoms with Crippen molar-refractivity contribution in [2.45, 2.75) is 25.6 Å². The van der Waals surface area contributed by atoms with Crippen molar-refractivity contribution < 1.29 is 18.3 Å². The van der Waals surface area contributed by atoms with Gasteiger partial charge in [0.2, 0.25) is 0 Å². The van der Waals surface area contributed by atoms with Gasteiger partial charge in [-0.2, -0.15) is 0 Å². The van der Waals surface area contributed by atoms with Crippen LogP contribution in [-0.4, -0.2) is 28.6 Å². The van der Waals surface area contributed by atoms with E-state index in [1.54, 1.807) is 0 Å². The number of pyridine rings is 2. The van der Waals surface area contributed by atoms with Crippen LogP contribution < -0.4 is 15.9 Å². The number of ketones is 1. The van der Waals surface area contributed by atoms with Crippen molar-refractivity contribution in [3.8, 4) is 16.9 Å². The Morgan fingerprint density at radius 2 is 2.10 bits per heavy atom. The highest BCUT2D eigenvalue weighted by atomic mass is 35.5. The Labute approximate surface area is 168 Å². The molecule has 1 aliphatic carbocycles. The number of halogens is 3. The average molecular weight is 420 g/mol. The van der Waals surface area contributed by atoms with Crippen LogP contribution in [0.15, 0.2) is 29.3 Å². The lowest BCUT2D eigenvalue weighted by atomic mass is 10.0. The van der Waals surface area contributed by atoms with Crippen molar-refractivity contribution in [2.75, 3.05) is 12.8 Å². The summed E-state index contributed by atoms with van der Waals surface area (Å²) in [5, 5.41) is 0.0591. The van der Waals surface area contributed by atoms with Gasteiger partial charge in [-0.3, -0.25) is 9.59 Å². The molecule has 150 valence electrons. The number of methoxy groups -OCH3 is 1. The number of nitrogens with zero attached hydrogens (tertiary/aromatic N) is 2. The number of ether oxygens (including phenoxy) is 1. The van der Waals surface area contributed by atoms with Crippen LogP contribution in [0.25, 0.3) is 22.0 Å². The number of nitrogens with two attached hydrogens (primary N) is 1. The van der Waals surface area contributed by atoms with Gasteiger partial charge in [0.15, 0.2) is 17.0 Å². The SMILES string of the molecule is COc1c(-c2cnc(N)c(Cl)c2)c(F)cc2c(=O)c(C(C)=O)cn([C@@H]3C[C@@H]3F)c12. The molecule has 1 fully saturated rings. The van der Waals surface area contributed by atoms with E-state index in [9.17, 15) is 14.0 Å². The van der Waals surface area contributed by atoms with Crippen LogP contribution in [0.4, 0.5) is 14.6 Å². The lowest BCUT2D eigenvalue weighted by Crippen LogP contribution is -2.19. The zero-order valence-electron chi connectivity index (χ0n) is 15.5. The van der Waals surface area contributed by atoms with E-state index >= 15 is 4.39 Å². The van der Waals surface area contributed by atoms with E-state index in [2.05, 4.69) is 4.98 Å². The van der Waals surface area contributed by atoms with Crippen molar-refractivity contribution in [1.29, 1.82) is 0 Å². The molecule has 1 aliphatic rings. The van der Waals surface area contributed by atoms with Gasteiger partial charge in [-0.15, -0.1) is 0 Å². The van der Waals surface area contributed by atoms with Crippen LogP contribution >= 0.6 is 11.6 Å². The second kappa shape index (κ2) is 6.81. The van der Waals surface area contributed by atoms with Crippen LogP contribution in [0.5, 0.6) is 5.75 Å². The molecule has 2 N–H and O–H groups in total. The largest absolute Gasteiger partial charge is 0.494 e. The van der Waals surface area contributed by atoms with Gasteiger partial charge in [0.25, 0.3) is 0 Å². The molecule has 0 spiro atoms. The predicted molar refractivity (Wildman–Crippen MR) is 106 cm³/mol. The fourth-order valence-corrected chi connectivity index (χ4v) is 3.62. The number of nitrogen functional groups attached to an aromatic ring is 1. The second-order valence-electron chi connectivity index (χ2n) is 6.91. The number of aromatic nitrogens is 2. The zero-order valence-corrected chi connectivity index (χ0v) is 16.3. The monoisotopic (exact) mass is 419 g/mol. The molecule has 1 saturated carbocycles. The summed E-state index contributed by atoms with van der Waals surface area (Å²) in [6.45, 7) is 1.23. The third-order valence-corrected chi connectivity index (χ3v) is 5.31. The van der Waals surface area contributed by atoms with Gasteiger partial charge < -0.3 is 15.0 Å². The van der Waals surface area contributed by atoms with E-state index in [-0.39, 0.29) is 50.6 Å². The normalized spacial score (nSPS) is 18.1. The molecule has 3 aromatic rings. The molecule has 2 aromatic heterocycles. The Balaban J connectivity index is 2.14. The third kappa shape index (κ3) is 3.04. The number of hydrogen-bond acceptors (Lipinski definition) is 5. The molecule has 9 heteroatoms. The number of carbonyl (C=O) groups excluding carboxylic acids is 1. The maximum Gasteiger partial charge on any atom is 0.200 e. The van der Waals surface area contributed by atoms with Gasteiger partial charge in [-0.05, 0) is 19.1 Å². The van der Waals surface area contributed by atoms with E-state index in [1.165, 1.54) is 37.1 Å². The fraction of sp³-hybridized carbons (Fsp3) is 0.250. The van der Waals surface area contributed by atoms with Crippen molar-refractivity contribution >= 4 is 34.1 Å². The van der Waals surface area contributed by atoms with E-state index in [4.69, 9.17) is 22.1 Å². The lowest BCUT2D eigenvalue weighted by molar-refractivity contribution is 0.101. The molecular formula is C20H16ClF2N3O3. The first-order valence-corrected chi connectivity index (χ1v) is 9.14. The summed E-state index contributed by atoms with van der Waals surface area (Å²) in [5.41, 5.74) is 5.35. The molecule has 0 bridgehead atoms. The van der Waals surface area contributed by atoms with E-state index in [0.29, 0.717) is 0 Å². The molecule has 1 aromatic carbocycles. The highest BCUT2D eigenvalue weighted by Gasteiger charge is 2.41. The van der Waals surface area contributed by atoms with Gasteiger partial charge in [0.05, 0.1) is 40.2 Å². The van der Waals surface area contributed by atoms with Crippen molar-refractivity contribution in [2.24, 2.45) is 0 Å². The van der Waals surface area contributed by atoms with Crippen LogP contribution in [0.1, 0.15) is 29.7 Å². The second-order valence-corrected chi connectivity index (χ2v) is 7.32. The summed E-state index contributed by atoms with van der Waals surface area (Å²) in [6, 6.07) is 1.88. The molecule has 0 aliphatic heterocycles. The summed E-state index contributed by atoms with van der Waals surface area (Å²) in [6.07, 6.45) is 1.73. The number of anilines is 1. The first-order chi connectivity index (χ1) is 13.7. The summed E-state index contributed by atoms with van der Waals surface area (Å²) < 4.78 is 36.0. The molecule has 2 heterocycles. The maximum atomic E-state index is 15.1. The quantitative estimate of drug-likeness (QED) is 0.647. The molecule has 0 saturated heterocycles. The van der Waals surface area contributed by atoms with Gasteiger partial charge in [0, 0.05) is 24.4 Å². The number of fused-ring (bicyclic) bond motifs is 1. The molecule has 4 rings (SSSR count). The Bertz CT molecular complexity index is 1240. The highest BCUT2D eigenvalue weighted by molar-refractivity contribution is 6.33. The van der Waals surface area contributed by atoms with Crippen LogP contribution in [0.2, 0.25) is 5.02 Å². The van der Waals surface area contributed by atoms with Crippen LogP contribution in [0.3, 0.4) is 0 Å². The number of Topliss-reactive ketones (excluding diaryl/α,β-unsaturated/α-hetero) is 1. The number of alkyl halides is 1. The number of carbonyl (C=O) groups is 1. The van der Waals surface area contributed by atoms with Crippen molar-refractivity contribution in [1.82, 2.24) is 9.55 Å². The molecular weight excluding hydrogens is 404 g/mol. The van der Waals surface area contributed by atoms with Crippen LogP contribution in [0, 0.1) is 5.82 Å². The minimum Gasteiger partial charge on any atom is -0.494 e. The molecule has 29 heavy (non-hydrogen) atoms. The van der Waals surface area contributed by atoms with Gasteiger partial charge in [-0.1, -0.05) is 11.6 Å². The molecule has 6 nitrogen and oxygen atoms in total. The first kappa shape index (κ1) is 19.3. The zero-order chi connectivity index (χ0) is 21.0. The minimum atomic E-state index is -1.13. The first-order valence-electron chi connectivity index (χ1n) is 8.76. The predicted octanol–water partition coefficient (Wildman–Crippen LogP) is 3.93.